The third-order valence-corrected chi connectivity index (χ3v) is 3.64. The Bertz CT molecular complexity index is 727. The Morgan fingerprint density at radius 2 is 1.50 bits per heavy atom. The monoisotopic (exact) mass is 327 g/mol. The number of nitrogen functional groups attached to an aromatic ring is 1. The Kier molecular flexibility index (Phi) is 5.24. The fourth-order valence-corrected chi connectivity index (χ4v) is 2.10. The lowest BCUT2D eigenvalue weighted by molar-refractivity contribution is -0.721. The van der Waals surface area contributed by atoms with E-state index in [4.69, 9.17) is 15.3 Å². The molecule has 2 aromatic rings. The van der Waals surface area contributed by atoms with Crippen molar-refractivity contribution >= 4 is 11.8 Å². The molecule has 0 aromatic heterocycles. The number of ether oxygens (including phenoxy) is 1. The predicted molar refractivity (Wildman–Crippen MR) is 92.8 cm³/mol. The molecule has 5 nitrogen and oxygen atoms in total. The minimum atomic E-state index is -0.494. The largest absolute Gasteiger partial charge is 0.497 e. The van der Waals surface area contributed by atoms with Gasteiger partial charge in [-0.3, -0.25) is 10.6 Å². The summed E-state index contributed by atoms with van der Waals surface area (Å²) in [5.41, 5.74) is 8.22. The molecule has 5 heteroatoms. The van der Waals surface area contributed by atoms with Gasteiger partial charge in [-0.15, -0.1) is 0 Å². The van der Waals surface area contributed by atoms with E-state index in [2.05, 4.69) is 25.9 Å². The van der Waals surface area contributed by atoms with Crippen molar-refractivity contribution in [3.05, 3.63) is 65.2 Å². The molecule has 0 aliphatic rings. The molecule has 3 N–H and O–H groups in total. The molecular formula is C19H23N2O3+. The Hall–Kier alpha value is -2.82. The number of nitrogens with two attached hydrogens (primary N) is 1. The highest BCUT2D eigenvalue weighted by atomic mass is 16.7. The standard InChI is InChI=1S/C19H22N2O3/c1-19(2,3)15-9-5-14(6-10-15)18(22)24-21-17(20)13-7-11-16(23-4)12-8-13/h5-12H,1-4H3,(H2,20,21)/p+1. The molecule has 0 saturated heterocycles. The lowest BCUT2D eigenvalue weighted by Crippen LogP contribution is -2.75. The zero-order valence-corrected chi connectivity index (χ0v) is 14.4. The van der Waals surface area contributed by atoms with E-state index in [-0.39, 0.29) is 11.3 Å². The Labute approximate surface area is 142 Å². The fraction of sp³-hybridized carbons (Fsp3) is 0.263. The molecule has 0 radical (unpaired) electrons. The van der Waals surface area contributed by atoms with Crippen LogP contribution in [0.25, 0.3) is 0 Å². The number of benzene rings is 2. The summed E-state index contributed by atoms with van der Waals surface area (Å²) in [5, 5.41) is 2.48. The SMILES string of the molecule is COc1ccc(C(N)=[NH+]OC(=O)c2ccc(C(C)(C)C)cc2)cc1. The van der Waals surface area contributed by atoms with E-state index >= 15 is 0 Å². The molecule has 0 bridgehead atoms. The average molecular weight is 327 g/mol. The molecule has 24 heavy (non-hydrogen) atoms. The van der Waals surface area contributed by atoms with E-state index in [9.17, 15) is 4.79 Å². The van der Waals surface area contributed by atoms with Gasteiger partial charge < -0.3 is 4.74 Å². The number of amidine groups is 1. The summed E-state index contributed by atoms with van der Waals surface area (Å²) in [6.45, 7) is 6.35. The third kappa shape index (κ3) is 4.35. The van der Waals surface area contributed by atoms with Gasteiger partial charge in [0.05, 0.1) is 18.2 Å². The van der Waals surface area contributed by atoms with Gasteiger partial charge in [0.2, 0.25) is 0 Å². The molecule has 2 rings (SSSR count). The molecule has 2 aromatic carbocycles. The van der Waals surface area contributed by atoms with Gasteiger partial charge in [-0.2, -0.15) is 0 Å². The number of nitrogens with one attached hydrogen (secondary N) is 1. The lowest BCUT2D eigenvalue weighted by atomic mass is 9.87. The fourth-order valence-electron chi connectivity index (χ4n) is 2.10. The first-order chi connectivity index (χ1) is 11.3. The quantitative estimate of drug-likeness (QED) is 0.387. The maximum absolute atomic E-state index is 12.1. The van der Waals surface area contributed by atoms with Gasteiger partial charge in [0.15, 0.2) is 0 Å². The maximum atomic E-state index is 12.1. The molecule has 0 aliphatic heterocycles. The van der Waals surface area contributed by atoms with Gasteiger partial charge in [-0.1, -0.05) is 38.1 Å². The smallest absolute Gasteiger partial charge is 0.387 e. The van der Waals surface area contributed by atoms with Crippen molar-refractivity contribution < 1.29 is 19.5 Å². The van der Waals surface area contributed by atoms with Crippen molar-refractivity contribution in [3.8, 4) is 5.75 Å². The summed E-state index contributed by atoms with van der Waals surface area (Å²) in [4.78, 5) is 17.1. The van der Waals surface area contributed by atoms with Crippen LogP contribution in [0.3, 0.4) is 0 Å². The van der Waals surface area contributed by atoms with Crippen LogP contribution in [0, 0.1) is 0 Å². The molecule has 0 heterocycles. The van der Waals surface area contributed by atoms with Crippen LogP contribution < -0.4 is 15.6 Å². The summed E-state index contributed by atoms with van der Waals surface area (Å²) in [6, 6.07) is 14.4. The maximum Gasteiger partial charge on any atom is 0.387 e. The summed E-state index contributed by atoms with van der Waals surface area (Å²) in [5.74, 6) is 0.478. The zero-order valence-electron chi connectivity index (χ0n) is 14.4. The minimum Gasteiger partial charge on any atom is -0.497 e. The first kappa shape index (κ1) is 17.5. The van der Waals surface area contributed by atoms with Crippen LogP contribution in [0.2, 0.25) is 0 Å². The molecule has 0 atom stereocenters. The van der Waals surface area contributed by atoms with E-state index < -0.39 is 5.97 Å². The Morgan fingerprint density at radius 1 is 0.958 bits per heavy atom. The Balaban J connectivity index is 2.05. The molecular weight excluding hydrogens is 304 g/mol. The van der Waals surface area contributed by atoms with Crippen molar-refractivity contribution in [1.29, 1.82) is 0 Å². The van der Waals surface area contributed by atoms with E-state index in [0.717, 1.165) is 11.3 Å². The molecule has 0 fully saturated rings. The first-order valence-corrected chi connectivity index (χ1v) is 7.66. The highest BCUT2D eigenvalue weighted by Gasteiger charge is 2.15. The minimum absolute atomic E-state index is 0.0350. The predicted octanol–water partition coefficient (Wildman–Crippen LogP) is 1.55. The highest BCUT2D eigenvalue weighted by Crippen LogP contribution is 2.22. The van der Waals surface area contributed by atoms with Gasteiger partial charge in [0.1, 0.15) is 5.75 Å². The van der Waals surface area contributed by atoms with Gasteiger partial charge in [0, 0.05) is 0 Å². The van der Waals surface area contributed by atoms with E-state index in [1.165, 1.54) is 0 Å². The van der Waals surface area contributed by atoms with Crippen LogP contribution in [-0.4, -0.2) is 18.9 Å². The summed E-state index contributed by atoms with van der Waals surface area (Å²) in [6.07, 6.45) is 0. The van der Waals surface area contributed by atoms with Gasteiger partial charge in [0.25, 0.3) is 0 Å². The van der Waals surface area contributed by atoms with Crippen LogP contribution in [0.4, 0.5) is 0 Å². The first-order valence-electron chi connectivity index (χ1n) is 7.66. The van der Waals surface area contributed by atoms with Crippen molar-refractivity contribution in [2.75, 3.05) is 7.11 Å². The molecule has 0 spiro atoms. The van der Waals surface area contributed by atoms with Crippen LogP contribution in [0.1, 0.15) is 42.3 Å². The molecule has 0 aliphatic carbocycles. The van der Waals surface area contributed by atoms with E-state index in [1.807, 2.05) is 12.1 Å². The van der Waals surface area contributed by atoms with Gasteiger partial charge in [-0.25, -0.2) is 4.79 Å². The molecule has 126 valence electrons. The van der Waals surface area contributed by atoms with Crippen molar-refractivity contribution in [2.24, 2.45) is 5.73 Å². The van der Waals surface area contributed by atoms with Crippen LogP contribution >= 0.6 is 0 Å². The summed E-state index contributed by atoms with van der Waals surface area (Å²) in [7, 11) is 1.59. The Morgan fingerprint density at radius 3 is 2.00 bits per heavy atom. The number of hydrogen-bond donors (Lipinski definition) is 2. The second kappa shape index (κ2) is 7.17. The second-order valence-electron chi connectivity index (χ2n) is 6.46. The van der Waals surface area contributed by atoms with Crippen LogP contribution in [0.5, 0.6) is 5.75 Å². The second-order valence-corrected chi connectivity index (χ2v) is 6.46. The van der Waals surface area contributed by atoms with Crippen molar-refractivity contribution in [2.45, 2.75) is 26.2 Å². The van der Waals surface area contributed by atoms with Gasteiger partial charge in [-0.05, 0) is 47.4 Å². The normalized spacial score (nSPS) is 11.9. The number of methoxy groups -OCH3 is 1. The molecule has 0 saturated carbocycles. The number of hydrogen-bond acceptors (Lipinski definition) is 3. The number of carbonyl (C=O) groups is 1. The lowest BCUT2D eigenvalue weighted by Gasteiger charge is -2.18. The van der Waals surface area contributed by atoms with Crippen LogP contribution in [-0.2, 0) is 10.3 Å². The zero-order chi connectivity index (χ0) is 17.7. The molecule has 0 amide bonds. The van der Waals surface area contributed by atoms with E-state index in [0.29, 0.717) is 11.1 Å². The number of carbonyl (C=O) groups excluding carboxylic acids is 1. The topological polar surface area (TPSA) is 75.5 Å². The van der Waals surface area contributed by atoms with Crippen molar-refractivity contribution in [1.82, 2.24) is 0 Å². The van der Waals surface area contributed by atoms with Crippen LogP contribution in [0.15, 0.2) is 48.5 Å². The highest BCUT2D eigenvalue weighted by molar-refractivity contribution is 5.93. The molecule has 0 unspecified atom stereocenters. The number of rotatable bonds is 4. The summed E-state index contributed by atoms with van der Waals surface area (Å²) < 4.78 is 5.08. The van der Waals surface area contributed by atoms with E-state index in [1.54, 1.807) is 43.5 Å². The third-order valence-electron chi connectivity index (χ3n) is 3.64. The van der Waals surface area contributed by atoms with Crippen molar-refractivity contribution in [3.63, 3.8) is 0 Å². The average Bonchev–Trinajstić information content (AvgIpc) is 2.58. The van der Waals surface area contributed by atoms with Gasteiger partial charge >= 0.3 is 11.8 Å². The summed E-state index contributed by atoms with van der Waals surface area (Å²) >= 11 is 0.